The first-order valence-electron chi connectivity index (χ1n) is 20.8. The molecule has 3 nitrogen and oxygen atoms in total. The molecule has 284 valence electrons. The number of benzene rings is 9. The molecule has 0 saturated heterocycles. The van der Waals surface area contributed by atoms with Crippen molar-refractivity contribution in [3.05, 3.63) is 211 Å². The van der Waals surface area contributed by atoms with Crippen LogP contribution >= 0.6 is 0 Å². The van der Waals surface area contributed by atoms with Gasteiger partial charge in [0.15, 0.2) is 0 Å². The molecule has 2 aromatic heterocycles. The van der Waals surface area contributed by atoms with E-state index in [-0.39, 0.29) is 5.41 Å². The van der Waals surface area contributed by atoms with E-state index in [1.165, 1.54) is 87.1 Å². The molecule has 9 aromatic carbocycles. The topological polar surface area (TPSA) is 22.2 Å². The van der Waals surface area contributed by atoms with E-state index in [0.29, 0.717) is 0 Å². The van der Waals surface area contributed by atoms with Gasteiger partial charge in [-0.05, 0) is 111 Å². The van der Waals surface area contributed by atoms with Crippen molar-refractivity contribution >= 4 is 87.2 Å². The summed E-state index contributed by atoms with van der Waals surface area (Å²) in [7, 11) is 0. The highest BCUT2D eigenvalue weighted by molar-refractivity contribution is 6.26. The molecule has 0 unspecified atom stereocenters. The second-order valence-corrected chi connectivity index (χ2v) is 16.8. The van der Waals surface area contributed by atoms with Gasteiger partial charge >= 0.3 is 0 Å². The number of aromatic nitrogens is 2. The third-order valence-corrected chi connectivity index (χ3v) is 13.2. The van der Waals surface area contributed by atoms with Gasteiger partial charge in [0.2, 0.25) is 0 Å². The minimum absolute atomic E-state index is 0.374. The number of aliphatic imine (C=N–C) groups is 1. The van der Waals surface area contributed by atoms with E-state index < -0.39 is 0 Å². The van der Waals surface area contributed by atoms with Gasteiger partial charge in [-0.2, -0.15) is 0 Å². The van der Waals surface area contributed by atoms with E-state index in [0.717, 1.165) is 33.9 Å². The van der Waals surface area contributed by atoms with Gasteiger partial charge in [-0.25, -0.2) is 0 Å². The Morgan fingerprint density at radius 1 is 0.467 bits per heavy atom. The van der Waals surface area contributed by atoms with Crippen molar-refractivity contribution in [1.29, 1.82) is 0 Å². The van der Waals surface area contributed by atoms with Crippen LogP contribution in [0.1, 0.15) is 37.5 Å². The highest BCUT2D eigenvalue weighted by atomic mass is 15.0. The number of para-hydroxylation sites is 4. The van der Waals surface area contributed by atoms with Gasteiger partial charge in [-0.3, -0.25) is 4.99 Å². The molecular weight excluding hydrogens is 727 g/mol. The fourth-order valence-corrected chi connectivity index (χ4v) is 10.4. The fraction of sp³-hybridized carbons (Fsp3) is 0.0702. The third kappa shape index (κ3) is 4.81. The van der Waals surface area contributed by atoms with Crippen LogP contribution in [-0.4, -0.2) is 14.8 Å². The summed E-state index contributed by atoms with van der Waals surface area (Å²) in [6.07, 6.45) is 2.02. The molecule has 0 spiro atoms. The lowest BCUT2D eigenvalue weighted by Gasteiger charge is -2.23. The van der Waals surface area contributed by atoms with Gasteiger partial charge in [0, 0.05) is 49.6 Å². The molecule has 0 saturated carbocycles. The fourth-order valence-electron chi connectivity index (χ4n) is 10.4. The zero-order valence-electron chi connectivity index (χ0n) is 33.9. The van der Waals surface area contributed by atoms with Crippen LogP contribution in [0.5, 0.6) is 0 Å². The molecular formula is C57H41N3. The molecule has 60 heavy (non-hydrogen) atoms. The van der Waals surface area contributed by atoms with E-state index in [1.807, 2.05) is 6.08 Å². The molecule has 1 aliphatic rings. The third-order valence-electron chi connectivity index (χ3n) is 13.2. The van der Waals surface area contributed by atoms with Gasteiger partial charge in [0.05, 0.1) is 27.8 Å². The second kappa shape index (κ2) is 12.8. The molecule has 0 fully saturated rings. The van der Waals surface area contributed by atoms with Crippen molar-refractivity contribution in [3.63, 3.8) is 0 Å². The van der Waals surface area contributed by atoms with E-state index in [2.05, 4.69) is 212 Å². The SMILES string of the molecule is C=CC1=C(N=C(C)c2cc(-n3c4ccccc4c4ccccc43)cc(-n3c4ccccc4c4ccccc43)c2)C(C)(C)c2cc3c4ccccc4c4ccccc4c3cc21. The van der Waals surface area contributed by atoms with E-state index in [4.69, 9.17) is 4.99 Å². The molecule has 0 atom stereocenters. The number of allylic oxidation sites excluding steroid dienone is 3. The Bertz CT molecular complexity index is 3480. The van der Waals surface area contributed by atoms with E-state index in [9.17, 15) is 0 Å². The lowest BCUT2D eigenvalue weighted by atomic mass is 9.82. The van der Waals surface area contributed by atoms with Crippen molar-refractivity contribution in [2.75, 3.05) is 0 Å². The number of hydrogen-bond acceptors (Lipinski definition) is 1. The smallest absolute Gasteiger partial charge is 0.0585 e. The highest BCUT2D eigenvalue weighted by Crippen LogP contribution is 2.50. The Labute approximate surface area is 348 Å². The molecule has 0 aliphatic heterocycles. The molecule has 11 aromatic rings. The summed E-state index contributed by atoms with van der Waals surface area (Å²) < 4.78 is 4.84. The zero-order valence-corrected chi connectivity index (χ0v) is 33.9. The van der Waals surface area contributed by atoms with Crippen LogP contribution in [0.2, 0.25) is 0 Å². The maximum atomic E-state index is 5.68. The van der Waals surface area contributed by atoms with Crippen molar-refractivity contribution < 1.29 is 0 Å². The molecule has 0 N–H and O–H groups in total. The summed E-state index contributed by atoms with van der Waals surface area (Å²) in [6, 6.07) is 64.4. The molecule has 0 amide bonds. The lowest BCUT2D eigenvalue weighted by molar-refractivity contribution is 0.633. The minimum Gasteiger partial charge on any atom is -0.309 e. The first-order chi connectivity index (χ1) is 29.4. The van der Waals surface area contributed by atoms with Gasteiger partial charge < -0.3 is 9.13 Å². The van der Waals surface area contributed by atoms with Crippen molar-refractivity contribution in [2.45, 2.75) is 26.2 Å². The molecule has 2 heterocycles. The minimum atomic E-state index is -0.374. The molecule has 3 heteroatoms. The van der Waals surface area contributed by atoms with Crippen LogP contribution in [0, 0.1) is 0 Å². The molecule has 0 radical (unpaired) electrons. The summed E-state index contributed by atoms with van der Waals surface area (Å²) in [5.74, 6) is 0. The average molecular weight is 768 g/mol. The van der Waals surface area contributed by atoms with Crippen molar-refractivity contribution in [2.24, 2.45) is 4.99 Å². The highest BCUT2D eigenvalue weighted by Gasteiger charge is 2.38. The normalized spacial score (nSPS) is 14.2. The Morgan fingerprint density at radius 3 is 1.25 bits per heavy atom. The maximum Gasteiger partial charge on any atom is 0.0585 e. The van der Waals surface area contributed by atoms with Gasteiger partial charge in [-0.1, -0.05) is 148 Å². The summed E-state index contributed by atoms with van der Waals surface area (Å²) in [5, 5.41) is 12.6. The number of fused-ring (bicyclic) bond motifs is 13. The summed E-state index contributed by atoms with van der Waals surface area (Å²) in [5.41, 5.74) is 13.1. The van der Waals surface area contributed by atoms with Crippen LogP contribution < -0.4 is 0 Å². The standard InChI is InChI=1S/C57H41N3/c1-5-39-50-33-48-42-20-8-6-18-40(42)41-19-7-9-21-43(41)49(48)34-51(50)57(3,4)56(39)58-35(2)36-30-37(59-52-26-14-10-22-44(52)45-23-11-15-27-53(45)59)32-38(31-36)60-54-28-16-12-24-46(54)47-25-13-17-29-55(47)60/h5-34H,1H2,2-4H3. The zero-order chi connectivity index (χ0) is 40.3. The van der Waals surface area contributed by atoms with Gasteiger partial charge in [0.25, 0.3) is 0 Å². The molecule has 1 aliphatic carbocycles. The molecule has 12 rings (SSSR count). The largest absolute Gasteiger partial charge is 0.309 e. The number of nitrogens with zero attached hydrogens (tertiary/aromatic N) is 3. The van der Waals surface area contributed by atoms with Gasteiger partial charge in [0.1, 0.15) is 0 Å². The quantitative estimate of drug-likeness (QED) is 0.123. The lowest BCUT2D eigenvalue weighted by Crippen LogP contribution is -2.17. The van der Waals surface area contributed by atoms with Crippen LogP contribution in [-0.2, 0) is 5.41 Å². The van der Waals surface area contributed by atoms with Crippen molar-refractivity contribution in [3.8, 4) is 11.4 Å². The van der Waals surface area contributed by atoms with Crippen LogP contribution in [0.25, 0.3) is 92.9 Å². The Hall–Kier alpha value is -7.49. The first kappa shape index (κ1) is 34.5. The first-order valence-corrected chi connectivity index (χ1v) is 20.8. The van der Waals surface area contributed by atoms with E-state index in [1.54, 1.807) is 0 Å². The van der Waals surface area contributed by atoms with Gasteiger partial charge in [-0.15, -0.1) is 0 Å². The number of rotatable bonds is 5. The average Bonchev–Trinajstić information content (AvgIpc) is 3.88. The summed E-state index contributed by atoms with van der Waals surface area (Å²) in [6.45, 7) is 11.2. The van der Waals surface area contributed by atoms with Crippen LogP contribution in [0.4, 0.5) is 0 Å². The van der Waals surface area contributed by atoms with Crippen molar-refractivity contribution in [1.82, 2.24) is 9.13 Å². The summed E-state index contributed by atoms with van der Waals surface area (Å²) >= 11 is 0. The Morgan fingerprint density at radius 2 is 0.833 bits per heavy atom. The molecule has 0 bridgehead atoms. The predicted molar refractivity (Wildman–Crippen MR) is 256 cm³/mol. The Kier molecular flexibility index (Phi) is 7.34. The summed E-state index contributed by atoms with van der Waals surface area (Å²) in [4.78, 5) is 5.68. The number of hydrogen-bond donors (Lipinski definition) is 0. The Balaban J connectivity index is 1.11. The van der Waals surface area contributed by atoms with Crippen LogP contribution in [0.3, 0.4) is 0 Å². The predicted octanol–water partition coefficient (Wildman–Crippen LogP) is 15.0. The van der Waals surface area contributed by atoms with E-state index >= 15 is 0 Å². The van der Waals surface area contributed by atoms with Crippen LogP contribution in [0.15, 0.2) is 199 Å². The monoisotopic (exact) mass is 767 g/mol. The second-order valence-electron chi connectivity index (χ2n) is 16.8. The maximum absolute atomic E-state index is 5.68.